The van der Waals surface area contributed by atoms with Gasteiger partial charge >= 0.3 is 5.97 Å². The maximum absolute atomic E-state index is 12.7. The Labute approximate surface area is 129 Å². The van der Waals surface area contributed by atoms with Gasteiger partial charge in [-0.1, -0.05) is 0 Å². The molecule has 6 heteroatoms. The Morgan fingerprint density at radius 1 is 1.43 bits per heavy atom. The molecule has 1 rings (SSSR count). The Bertz CT molecular complexity index is 523. The predicted molar refractivity (Wildman–Crippen MR) is 85.7 cm³/mol. The van der Waals surface area contributed by atoms with E-state index in [4.69, 9.17) is 5.11 Å². The van der Waals surface area contributed by atoms with Gasteiger partial charge in [-0.25, -0.2) is 4.79 Å². The van der Waals surface area contributed by atoms with Gasteiger partial charge in [0.2, 0.25) is 0 Å². The number of nitrogens with zero attached hydrogens (tertiary/aromatic N) is 2. The minimum absolute atomic E-state index is 0.0492. The molecule has 1 heterocycles. The van der Waals surface area contributed by atoms with Crippen LogP contribution >= 0.6 is 11.3 Å². The zero-order valence-electron chi connectivity index (χ0n) is 12.9. The van der Waals surface area contributed by atoms with Gasteiger partial charge in [0.25, 0.3) is 5.91 Å². The summed E-state index contributed by atoms with van der Waals surface area (Å²) in [5.41, 5.74) is 0.655. The second-order valence-corrected chi connectivity index (χ2v) is 6.00. The van der Waals surface area contributed by atoms with Crippen molar-refractivity contribution in [3.63, 3.8) is 0 Å². The first kappa shape index (κ1) is 17.4. The van der Waals surface area contributed by atoms with E-state index in [0.717, 1.165) is 12.6 Å². The van der Waals surface area contributed by atoms with Gasteiger partial charge in [-0.2, -0.15) is 0 Å². The number of amides is 1. The van der Waals surface area contributed by atoms with E-state index in [1.807, 2.05) is 37.7 Å². The van der Waals surface area contributed by atoms with E-state index in [0.29, 0.717) is 17.0 Å². The third kappa shape index (κ3) is 4.99. The minimum Gasteiger partial charge on any atom is -0.478 e. The van der Waals surface area contributed by atoms with Gasteiger partial charge in [0, 0.05) is 25.2 Å². The van der Waals surface area contributed by atoms with Gasteiger partial charge in [0.1, 0.15) is 0 Å². The first-order valence-corrected chi connectivity index (χ1v) is 7.69. The van der Waals surface area contributed by atoms with Crippen molar-refractivity contribution in [3.05, 3.63) is 28.0 Å². The van der Waals surface area contributed by atoms with E-state index in [1.54, 1.807) is 11.4 Å². The quantitative estimate of drug-likeness (QED) is 0.785. The first-order valence-electron chi connectivity index (χ1n) is 6.81. The lowest BCUT2D eigenvalue weighted by molar-refractivity contribution is -0.131. The molecule has 1 N–H and O–H groups in total. The van der Waals surface area contributed by atoms with Crippen LogP contribution in [-0.4, -0.2) is 60.0 Å². The van der Waals surface area contributed by atoms with Crippen LogP contribution in [0.3, 0.4) is 0 Å². The van der Waals surface area contributed by atoms with Gasteiger partial charge in [-0.05, 0) is 51.0 Å². The molecule has 0 bridgehead atoms. The fraction of sp³-hybridized carbons (Fsp3) is 0.467. The van der Waals surface area contributed by atoms with E-state index in [2.05, 4.69) is 0 Å². The van der Waals surface area contributed by atoms with Crippen LogP contribution in [-0.2, 0) is 4.79 Å². The number of carboxylic acids is 1. The summed E-state index contributed by atoms with van der Waals surface area (Å²) in [6.07, 6.45) is 2.52. The van der Waals surface area contributed by atoms with E-state index >= 15 is 0 Å². The third-order valence-electron chi connectivity index (χ3n) is 3.06. The molecule has 21 heavy (non-hydrogen) atoms. The smallest absolute Gasteiger partial charge is 0.328 e. The summed E-state index contributed by atoms with van der Waals surface area (Å²) in [5.74, 6) is -1.07. The van der Waals surface area contributed by atoms with Crippen molar-refractivity contribution in [2.75, 3.05) is 27.2 Å². The van der Waals surface area contributed by atoms with Crippen molar-refractivity contribution in [3.8, 4) is 0 Å². The van der Waals surface area contributed by atoms with Crippen molar-refractivity contribution in [1.82, 2.24) is 9.80 Å². The van der Waals surface area contributed by atoms with Crippen LogP contribution in [0.1, 0.15) is 29.1 Å². The monoisotopic (exact) mass is 310 g/mol. The van der Waals surface area contributed by atoms with Crippen LogP contribution in [0.5, 0.6) is 0 Å². The number of thiophene rings is 1. The van der Waals surface area contributed by atoms with E-state index in [9.17, 15) is 9.59 Å². The van der Waals surface area contributed by atoms with Crippen molar-refractivity contribution in [2.24, 2.45) is 0 Å². The Morgan fingerprint density at radius 2 is 2.10 bits per heavy atom. The highest BCUT2D eigenvalue weighted by atomic mass is 32.1. The van der Waals surface area contributed by atoms with Crippen molar-refractivity contribution < 1.29 is 14.7 Å². The number of rotatable bonds is 7. The molecular weight excluding hydrogens is 288 g/mol. The molecule has 0 aliphatic heterocycles. The number of carboxylic acid groups (broad SMARTS) is 1. The van der Waals surface area contributed by atoms with Crippen LogP contribution in [0.25, 0.3) is 6.08 Å². The third-order valence-corrected chi connectivity index (χ3v) is 3.98. The Balaban J connectivity index is 2.96. The van der Waals surface area contributed by atoms with Gasteiger partial charge in [0.05, 0.1) is 4.88 Å². The molecule has 1 aromatic heterocycles. The maximum Gasteiger partial charge on any atom is 0.328 e. The standard InChI is InChI=1S/C15H22N2O3S/c1-5-17(11(2)10-16(3)4)15(20)14-12(8-9-21-14)6-7-13(18)19/h6-9,11H,5,10H2,1-4H3,(H,18,19)/b7-6+. The molecule has 1 amide bonds. The summed E-state index contributed by atoms with van der Waals surface area (Å²) in [5, 5.41) is 10.5. The molecule has 0 spiro atoms. The first-order chi connectivity index (χ1) is 9.86. The van der Waals surface area contributed by atoms with Crippen LogP contribution < -0.4 is 0 Å². The molecule has 0 radical (unpaired) electrons. The normalized spacial score (nSPS) is 12.8. The average molecular weight is 310 g/mol. The number of aliphatic carboxylic acids is 1. The Morgan fingerprint density at radius 3 is 2.62 bits per heavy atom. The summed E-state index contributed by atoms with van der Waals surface area (Å²) in [6, 6.07) is 1.86. The van der Waals surface area contributed by atoms with E-state index < -0.39 is 5.97 Å². The SMILES string of the molecule is CCN(C(=O)c1sccc1/C=C/C(=O)O)C(C)CN(C)C. The highest BCUT2D eigenvalue weighted by Crippen LogP contribution is 2.21. The van der Waals surface area contributed by atoms with Crippen molar-refractivity contribution >= 4 is 29.3 Å². The Kier molecular flexibility index (Phi) is 6.58. The lowest BCUT2D eigenvalue weighted by atomic mass is 10.2. The van der Waals surface area contributed by atoms with E-state index in [1.165, 1.54) is 17.4 Å². The second-order valence-electron chi connectivity index (χ2n) is 5.08. The molecule has 1 aromatic rings. The van der Waals surface area contributed by atoms with Crippen LogP contribution in [0.15, 0.2) is 17.5 Å². The molecular formula is C15H22N2O3S. The lowest BCUT2D eigenvalue weighted by Gasteiger charge is -2.30. The molecule has 1 atom stereocenters. The van der Waals surface area contributed by atoms with Crippen molar-refractivity contribution in [1.29, 1.82) is 0 Å². The van der Waals surface area contributed by atoms with Crippen LogP contribution in [0.2, 0.25) is 0 Å². The molecule has 0 aromatic carbocycles. The zero-order chi connectivity index (χ0) is 16.0. The summed E-state index contributed by atoms with van der Waals surface area (Å²) in [6.45, 7) is 5.37. The van der Waals surface area contributed by atoms with Crippen LogP contribution in [0, 0.1) is 0 Å². The van der Waals surface area contributed by atoms with Crippen molar-refractivity contribution in [2.45, 2.75) is 19.9 Å². The van der Waals surface area contributed by atoms with Gasteiger partial charge in [-0.15, -0.1) is 11.3 Å². The molecule has 1 unspecified atom stereocenters. The Hall–Kier alpha value is -1.66. The zero-order valence-corrected chi connectivity index (χ0v) is 13.7. The summed E-state index contributed by atoms with van der Waals surface area (Å²) < 4.78 is 0. The highest BCUT2D eigenvalue weighted by Gasteiger charge is 2.23. The fourth-order valence-electron chi connectivity index (χ4n) is 2.20. The predicted octanol–water partition coefficient (Wildman–Crippen LogP) is 2.26. The van der Waals surface area contributed by atoms with Crippen LogP contribution in [0.4, 0.5) is 0 Å². The molecule has 0 saturated carbocycles. The lowest BCUT2D eigenvalue weighted by Crippen LogP contribution is -2.43. The second kappa shape index (κ2) is 7.95. The number of carbonyl (C=O) groups is 2. The molecule has 5 nitrogen and oxygen atoms in total. The number of hydrogen-bond acceptors (Lipinski definition) is 4. The van der Waals surface area contributed by atoms with Gasteiger partial charge in [0.15, 0.2) is 0 Å². The molecule has 0 saturated heterocycles. The van der Waals surface area contributed by atoms with E-state index in [-0.39, 0.29) is 11.9 Å². The largest absolute Gasteiger partial charge is 0.478 e. The number of likely N-dealkylation sites (N-methyl/N-ethyl adjacent to an activating group) is 2. The topological polar surface area (TPSA) is 60.9 Å². The number of carbonyl (C=O) groups excluding carboxylic acids is 1. The minimum atomic E-state index is -1.02. The fourth-order valence-corrected chi connectivity index (χ4v) is 3.04. The molecule has 0 fully saturated rings. The summed E-state index contributed by atoms with van der Waals surface area (Å²) >= 11 is 1.34. The molecule has 116 valence electrons. The molecule has 0 aliphatic rings. The average Bonchev–Trinajstić information content (AvgIpc) is 2.84. The highest BCUT2D eigenvalue weighted by molar-refractivity contribution is 7.12. The summed E-state index contributed by atoms with van der Waals surface area (Å²) in [7, 11) is 3.95. The number of hydrogen-bond donors (Lipinski definition) is 1. The van der Waals surface area contributed by atoms with Gasteiger partial charge < -0.3 is 14.9 Å². The van der Waals surface area contributed by atoms with Gasteiger partial charge in [-0.3, -0.25) is 4.79 Å². The molecule has 0 aliphatic carbocycles. The maximum atomic E-state index is 12.7. The summed E-state index contributed by atoms with van der Waals surface area (Å²) in [4.78, 5) is 27.7.